The van der Waals surface area contributed by atoms with E-state index in [1.807, 2.05) is 228 Å². The molecule has 107 heavy (non-hydrogen) atoms. The molecule has 0 unspecified atom stereocenters. The highest BCUT2D eigenvalue weighted by Crippen LogP contribution is 2.19. The van der Waals surface area contributed by atoms with Crippen molar-refractivity contribution in [3.05, 3.63) is 358 Å². The monoisotopic (exact) mass is 1440 g/mol. The second-order valence-corrected chi connectivity index (χ2v) is 22.2. The van der Waals surface area contributed by atoms with Crippen LogP contribution < -0.4 is 37.1 Å². The third-order valence-electron chi connectivity index (χ3n) is 14.7. The Bertz CT molecular complexity index is 4370. The summed E-state index contributed by atoms with van der Waals surface area (Å²) in [7, 11) is 11.1. The van der Waals surface area contributed by atoms with Crippen LogP contribution in [0.15, 0.2) is 323 Å². The molecule has 0 aliphatic rings. The molecule has 0 spiro atoms. The molecular weight excluding hydrogens is 1350 g/mol. The molecule has 7 N–H and O–H groups in total. The Morgan fingerprint density at radius 3 is 0.813 bits per heavy atom. The van der Waals surface area contributed by atoms with E-state index in [-0.39, 0.29) is 36.0 Å². The van der Waals surface area contributed by atoms with Crippen LogP contribution in [0.5, 0.6) is 0 Å². The number of hydrogen-bond acceptors (Lipinski definition) is 22. The molecule has 0 radical (unpaired) electrons. The molecule has 23 nitrogen and oxygen atoms in total. The number of nitrogens with one attached hydrogen (secondary N) is 3. The lowest BCUT2D eigenvalue weighted by Crippen LogP contribution is -2.09. The number of ether oxygens (including phenoxy) is 4. The van der Waals surface area contributed by atoms with Gasteiger partial charge in [-0.05, 0) is 167 Å². The summed E-state index contributed by atoms with van der Waals surface area (Å²) in [5.41, 5.74) is 21.7. The number of nitrogens with two attached hydrogens (primary N) is 1. The number of methoxy groups -OCH3 is 4. The molecule has 0 amide bonds. The van der Waals surface area contributed by atoms with E-state index in [1.165, 1.54) is 40.6 Å². The molecule has 0 aliphatic carbocycles. The van der Waals surface area contributed by atoms with Crippen molar-refractivity contribution >= 4 is 95.0 Å². The highest BCUT2D eigenvalue weighted by molar-refractivity contribution is 5.92. The summed E-state index contributed by atoms with van der Waals surface area (Å²) in [5, 5.41) is 44.1. The Balaban J connectivity index is 0.000000202. The van der Waals surface area contributed by atoms with Gasteiger partial charge < -0.3 is 34.6 Å². The summed E-state index contributed by atoms with van der Waals surface area (Å²) in [5.74, 6) is 2.76. The van der Waals surface area contributed by atoms with E-state index >= 15 is 0 Å². The van der Waals surface area contributed by atoms with Crippen LogP contribution in [0.1, 0.15) is 85.2 Å². The predicted octanol–water partition coefficient (Wildman–Crippen LogP) is 15.0. The maximum absolute atomic E-state index is 11.3. The molecule has 0 bridgehead atoms. The first kappa shape index (κ1) is 81.8. The highest BCUT2D eigenvalue weighted by atomic mass is 16.5. The van der Waals surface area contributed by atoms with Gasteiger partial charge >= 0.3 is 29.8 Å². The van der Waals surface area contributed by atoms with Crippen LogP contribution in [0.3, 0.4) is 0 Å². The van der Waals surface area contributed by atoms with E-state index in [2.05, 4.69) is 60.7 Å². The Kier molecular flexibility index (Phi) is 35.5. The molecule has 0 saturated carbocycles. The molecule has 546 valence electrons. The quantitative estimate of drug-likeness (QED) is 0.0121. The number of carboxylic acids is 1. The Labute approximate surface area is 622 Å². The molecule has 11 aromatic carbocycles. The maximum atomic E-state index is 11.3. The first-order valence-electron chi connectivity index (χ1n) is 32.9. The van der Waals surface area contributed by atoms with E-state index in [1.54, 1.807) is 125 Å². The fourth-order valence-corrected chi connectivity index (χ4v) is 8.70. The maximum Gasteiger partial charge on any atom is 0.337 e. The third kappa shape index (κ3) is 30.1. The van der Waals surface area contributed by atoms with Gasteiger partial charge in [0.2, 0.25) is 0 Å². The zero-order valence-electron chi connectivity index (χ0n) is 60.1. The third-order valence-corrected chi connectivity index (χ3v) is 14.7. The number of aliphatic hydroxyl groups is 1. The van der Waals surface area contributed by atoms with Crippen molar-refractivity contribution in [2.75, 3.05) is 80.9 Å². The summed E-state index contributed by atoms with van der Waals surface area (Å²) >= 11 is 0. The van der Waals surface area contributed by atoms with E-state index in [9.17, 15) is 24.0 Å². The number of carbonyl (C=O) groups is 5. The van der Waals surface area contributed by atoms with Crippen molar-refractivity contribution in [3.8, 4) is 0 Å². The fraction of sp³-hybridized carbons (Fsp3) is 0.0952. The van der Waals surface area contributed by atoms with Crippen LogP contribution in [-0.4, -0.2) is 121 Å². The zero-order chi connectivity index (χ0) is 76.8. The lowest BCUT2D eigenvalue weighted by Gasteiger charge is -2.13. The van der Waals surface area contributed by atoms with Gasteiger partial charge in [0.15, 0.2) is 0 Å². The van der Waals surface area contributed by atoms with Gasteiger partial charge in [0.1, 0.15) is 0 Å². The second-order valence-electron chi connectivity index (χ2n) is 22.2. The summed E-state index contributed by atoms with van der Waals surface area (Å²) in [6.07, 6.45) is 8.85. The van der Waals surface area contributed by atoms with Gasteiger partial charge in [0.05, 0.1) is 122 Å². The van der Waals surface area contributed by atoms with Crippen LogP contribution in [0, 0.1) is 0 Å². The number of aliphatic hydroxyl groups excluding tert-OH is 1. The Hall–Kier alpha value is -14.2. The van der Waals surface area contributed by atoms with Crippen molar-refractivity contribution < 1.29 is 53.1 Å². The number of nitrogen functional groups attached to an aromatic ring is 1. The van der Waals surface area contributed by atoms with Crippen molar-refractivity contribution in [1.82, 2.24) is 0 Å². The fourth-order valence-electron chi connectivity index (χ4n) is 8.70. The smallest absolute Gasteiger partial charge is 0.337 e. The number of rotatable bonds is 22. The number of nitrogens with zero attached hydrogens (tertiary/aromatic N) is 8. The lowest BCUT2D eigenvalue weighted by atomic mass is 10.2. The molecule has 0 aliphatic heterocycles. The van der Waals surface area contributed by atoms with Gasteiger partial charge in [-0.2, -0.15) is 25.5 Å². The zero-order valence-corrected chi connectivity index (χ0v) is 60.1. The molecule has 0 fully saturated rings. The number of hydrazone groups is 5. The second kappa shape index (κ2) is 46.4. The molecule has 0 saturated heterocycles. The van der Waals surface area contributed by atoms with Crippen LogP contribution in [0.4, 0.5) is 34.1 Å². The van der Waals surface area contributed by atoms with Gasteiger partial charge in [-0.25, -0.2) is 24.0 Å². The minimum Gasteiger partial charge on any atom is -0.478 e. The molecule has 11 rings (SSSR count). The normalized spacial score (nSPS) is 10.4. The number of anilines is 6. The van der Waals surface area contributed by atoms with E-state index < -0.39 is 5.97 Å². The number of carbonyl (C=O) groups excluding carboxylic acids is 4. The van der Waals surface area contributed by atoms with Crippen molar-refractivity contribution in [3.63, 3.8) is 0 Å². The molecule has 0 aromatic heterocycles. The van der Waals surface area contributed by atoms with Gasteiger partial charge in [-0.15, -0.1) is 0 Å². The van der Waals surface area contributed by atoms with Crippen LogP contribution in [-0.2, 0) is 25.6 Å². The number of carboxylic acid groups (broad SMARTS) is 1. The summed E-state index contributed by atoms with van der Waals surface area (Å²) in [6.45, 7) is 0.0667. The molecule has 0 atom stereocenters. The van der Waals surface area contributed by atoms with Crippen molar-refractivity contribution in [2.24, 2.45) is 31.3 Å². The van der Waals surface area contributed by atoms with E-state index in [4.69, 9.17) is 16.1 Å². The van der Waals surface area contributed by atoms with Gasteiger partial charge in [0, 0.05) is 26.8 Å². The lowest BCUT2D eigenvalue weighted by molar-refractivity contribution is 0.0592. The summed E-state index contributed by atoms with van der Waals surface area (Å²) < 4.78 is 18.6. The van der Waals surface area contributed by atoms with Crippen LogP contribution in [0.2, 0.25) is 0 Å². The minimum absolute atomic E-state index is 0.0667. The molecular formula is C84H84N12O11. The number of hydrogen-bond donors (Lipinski definition) is 6. The number of benzene rings is 11. The first-order valence-corrected chi connectivity index (χ1v) is 32.9. The van der Waals surface area contributed by atoms with E-state index in [0.29, 0.717) is 27.9 Å². The Morgan fingerprint density at radius 2 is 0.570 bits per heavy atom. The SMILES string of the molecule is CN(/N=C/c1ccccc1)c1ccc(CO)cc1.COC(=O)c1ccc(N(C)/N=C/c2ccccc2)cc1.COC(=O)c1ccc(N(C)/N=C/c2ccccc2)cc1.COC(=O)c1ccc(N/N=C/c2ccccc2)cc1.COC(=O)c1ccc(N/N=C/c2ccccc2)cc1.NNc1ccc(C(=O)O)cc1. The summed E-state index contributed by atoms with van der Waals surface area (Å²) in [4.78, 5) is 55.5. The predicted molar refractivity (Wildman–Crippen MR) is 427 cm³/mol. The van der Waals surface area contributed by atoms with Gasteiger partial charge in [-0.3, -0.25) is 31.7 Å². The van der Waals surface area contributed by atoms with Crippen molar-refractivity contribution in [1.29, 1.82) is 0 Å². The number of esters is 4. The average Bonchev–Trinajstić information content (AvgIpc) is 0.871. The standard InChI is InChI=1S/2C16H16N2O2.2C15H14N2O2.C15H16N2O.C7H8N2O2/c2*1-18(17-12-13-6-4-3-5-7-13)15-10-8-14(9-11-15)16(19)20-2;2*1-19-15(18)13-7-9-14(10-8-13)17-16-11-12-5-3-2-4-6-12;1-17(15-9-7-14(12-18)8-10-15)16-11-13-5-3-2-4-6-13;8-9-6-3-1-5(2-4-6)7(10)11/h2*3-12H,1-2H3;2*2-11,17H,1H3;2-11,18H,12H2,1H3;1-4,9H,8H2,(H,10,11)/b2*17-12+;3*16-11+;. The van der Waals surface area contributed by atoms with Gasteiger partial charge in [0.25, 0.3) is 0 Å². The number of aromatic carboxylic acids is 1. The van der Waals surface area contributed by atoms with E-state index in [0.717, 1.165) is 61.8 Å². The topological polar surface area (TPSA) is 296 Å². The molecule has 11 aromatic rings. The van der Waals surface area contributed by atoms with Crippen molar-refractivity contribution in [2.45, 2.75) is 6.61 Å². The van der Waals surface area contributed by atoms with Gasteiger partial charge in [-0.1, -0.05) is 164 Å². The summed E-state index contributed by atoms with van der Waals surface area (Å²) in [6, 6.07) is 91.1. The van der Waals surface area contributed by atoms with Crippen LogP contribution in [0.25, 0.3) is 0 Å². The molecule has 0 heterocycles. The van der Waals surface area contributed by atoms with Crippen LogP contribution >= 0.6 is 0 Å². The Morgan fingerprint density at radius 1 is 0.336 bits per heavy atom. The first-order chi connectivity index (χ1) is 52.0. The largest absolute Gasteiger partial charge is 0.478 e. The number of hydrazine groups is 1. The molecule has 23 heteroatoms. The highest BCUT2D eigenvalue weighted by Gasteiger charge is 2.09. The average molecular weight is 1440 g/mol. The minimum atomic E-state index is -0.937.